The third kappa shape index (κ3) is 4.91. The van der Waals surface area contributed by atoms with Gasteiger partial charge in [0.05, 0.1) is 0 Å². The van der Waals surface area contributed by atoms with Gasteiger partial charge < -0.3 is 5.32 Å². The van der Waals surface area contributed by atoms with Crippen molar-refractivity contribution in [3.05, 3.63) is 35.9 Å². The first-order valence-corrected chi connectivity index (χ1v) is 6.88. The van der Waals surface area contributed by atoms with Crippen molar-refractivity contribution >= 4 is 5.91 Å². The highest BCUT2D eigenvalue weighted by Gasteiger charge is 2.26. The number of hydrogen-bond donors (Lipinski definition) is 1. The fourth-order valence-electron chi connectivity index (χ4n) is 1.94. The fraction of sp³-hybridized carbons (Fsp3) is 0.562. The van der Waals surface area contributed by atoms with Crippen LogP contribution in [0.1, 0.15) is 45.6 Å². The van der Waals surface area contributed by atoms with E-state index in [1.165, 1.54) is 5.56 Å². The van der Waals surface area contributed by atoms with Crippen molar-refractivity contribution in [2.24, 2.45) is 5.41 Å². The van der Waals surface area contributed by atoms with Gasteiger partial charge in [0.25, 0.3) is 0 Å². The predicted octanol–water partition coefficient (Wildman–Crippen LogP) is 3.56. The van der Waals surface area contributed by atoms with Gasteiger partial charge in [0.1, 0.15) is 0 Å². The van der Waals surface area contributed by atoms with E-state index in [1.807, 2.05) is 32.0 Å². The maximum atomic E-state index is 12.0. The van der Waals surface area contributed by atoms with Crippen molar-refractivity contribution in [3.8, 4) is 0 Å². The van der Waals surface area contributed by atoms with E-state index in [0.717, 1.165) is 32.2 Å². The second-order valence-corrected chi connectivity index (χ2v) is 5.48. The highest BCUT2D eigenvalue weighted by molar-refractivity contribution is 5.81. The molecule has 0 heterocycles. The van der Waals surface area contributed by atoms with E-state index in [1.54, 1.807) is 0 Å². The zero-order valence-corrected chi connectivity index (χ0v) is 11.8. The summed E-state index contributed by atoms with van der Waals surface area (Å²) in [7, 11) is 0. The second-order valence-electron chi connectivity index (χ2n) is 5.48. The van der Waals surface area contributed by atoms with Gasteiger partial charge in [-0.2, -0.15) is 0 Å². The van der Waals surface area contributed by atoms with E-state index in [4.69, 9.17) is 0 Å². The molecule has 1 N–H and O–H groups in total. The van der Waals surface area contributed by atoms with E-state index < -0.39 is 0 Å². The SMILES string of the molecule is CCCCC(C)(C)C(=O)NCCc1ccccc1. The Morgan fingerprint density at radius 3 is 2.50 bits per heavy atom. The summed E-state index contributed by atoms with van der Waals surface area (Å²) in [5.74, 6) is 0.173. The first kappa shape index (κ1) is 14.7. The third-order valence-electron chi connectivity index (χ3n) is 3.31. The lowest BCUT2D eigenvalue weighted by Crippen LogP contribution is -2.37. The molecule has 0 aromatic heterocycles. The van der Waals surface area contributed by atoms with E-state index in [-0.39, 0.29) is 11.3 Å². The number of amides is 1. The summed E-state index contributed by atoms with van der Waals surface area (Å²) in [5.41, 5.74) is 1.02. The Morgan fingerprint density at radius 2 is 1.89 bits per heavy atom. The van der Waals surface area contributed by atoms with Crippen LogP contribution in [0.2, 0.25) is 0 Å². The minimum Gasteiger partial charge on any atom is -0.355 e. The van der Waals surface area contributed by atoms with Gasteiger partial charge >= 0.3 is 0 Å². The van der Waals surface area contributed by atoms with Gasteiger partial charge in [-0.15, -0.1) is 0 Å². The normalized spacial score (nSPS) is 11.3. The minimum atomic E-state index is -0.243. The highest BCUT2D eigenvalue weighted by atomic mass is 16.2. The largest absolute Gasteiger partial charge is 0.355 e. The maximum Gasteiger partial charge on any atom is 0.225 e. The standard InChI is InChI=1S/C16H25NO/c1-4-5-12-16(2,3)15(18)17-13-11-14-9-7-6-8-10-14/h6-10H,4-5,11-13H2,1-3H3,(H,17,18). The van der Waals surface area contributed by atoms with E-state index in [2.05, 4.69) is 24.4 Å². The monoisotopic (exact) mass is 247 g/mol. The van der Waals surface area contributed by atoms with E-state index >= 15 is 0 Å². The molecule has 1 amide bonds. The van der Waals surface area contributed by atoms with Crippen LogP contribution in [0.15, 0.2) is 30.3 Å². The molecule has 0 radical (unpaired) electrons. The van der Waals surface area contributed by atoms with Crippen molar-refractivity contribution in [3.63, 3.8) is 0 Å². The number of benzene rings is 1. The number of rotatable bonds is 7. The predicted molar refractivity (Wildman–Crippen MR) is 76.5 cm³/mol. The minimum absolute atomic E-state index is 0.173. The molecule has 0 atom stereocenters. The third-order valence-corrected chi connectivity index (χ3v) is 3.31. The molecule has 1 rings (SSSR count). The molecule has 0 aliphatic carbocycles. The van der Waals surface area contributed by atoms with Gasteiger partial charge in [0.15, 0.2) is 0 Å². The topological polar surface area (TPSA) is 29.1 Å². The molecule has 0 saturated heterocycles. The highest BCUT2D eigenvalue weighted by Crippen LogP contribution is 2.23. The Labute approximate surface area is 111 Å². The van der Waals surface area contributed by atoms with Crippen molar-refractivity contribution in [2.75, 3.05) is 6.54 Å². The average molecular weight is 247 g/mol. The Morgan fingerprint density at radius 1 is 1.22 bits per heavy atom. The molecule has 1 aromatic carbocycles. The first-order valence-electron chi connectivity index (χ1n) is 6.88. The lowest BCUT2D eigenvalue weighted by Gasteiger charge is -2.23. The number of carbonyl (C=O) groups is 1. The van der Waals surface area contributed by atoms with Crippen molar-refractivity contribution < 1.29 is 4.79 Å². The summed E-state index contributed by atoms with van der Waals surface area (Å²) in [6, 6.07) is 10.3. The van der Waals surface area contributed by atoms with Crippen LogP contribution in [0.4, 0.5) is 0 Å². The molecule has 0 spiro atoms. The first-order chi connectivity index (χ1) is 8.56. The lowest BCUT2D eigenvalue weighted by molar-refractivity contribution is -0.129. The maximum absolute atomic E-state index is 12.0. The van der Waals surface area contributed by atoms with Crippen molar-refractivity contribution in [1.82, 2.24) is 5.32 Å². The van der Waals surface area contributed by atoms with E-state index in [9.17, 15) is 4.79 Å². The van der Waals surface area contributed by atoms with Gasteiger partial charge in [-0.05, 0) is 18.4 Å². The fourth-order valence-corrected chi connectivity index (χ4v) is 1.94. The van der Waals surface area contributed by atoms with Crippen LogP contribution in [0, 0.1) is 5.41 Å². The average Bonchev–Trinajstić information content (AvgIpc) is 2.37. The van der Waals surface area contributed by atoms with E-state index in [0.29, 0.717) is 0 Å². The van der Waals surface area contributed by atoms with Crippen LogP contribution in [0.5, 0.6) is 0 Å². The molecule has 0 bridgehead atoms. The molecule has 0 unspecified atom stereocenters. The Kier molecular flexibility index (Phi) is 5.90. The summed E-state index contributed by atoms with van der Waals surface area (Å²) in [4.78, 5) is 12.0. The Bertz CT molecular complexity index is 357. The van der Waals surface area contributed by atoms with Gasteiger partial charge in [-0.1, -0.05) is 63.9 Å². The summed E-state index contributed by atoms with van der Waals surface area (Å²) in [5, 5.41) is 3.04. The summed E-state index contributed by atoms with van der Waals surface area (Å²) < 4.78 is 0. The lowest BCUT2D eigenvalue weighted by atomic mass is 9.86. The molecular weight excluding hydrogens is 222 g/mol. The number of hydrogen-bond acceptors (Lipinski definition) is 1. The molecule has 0 aliphatic rings. The zero-order valence-electron chi connectivity index (χ0n) is 11.8. The quantitative estimate of drug-likeness (QED) is 0.784. The number of carbonyl (C=O) groups excluding carboxylic acids is 1. The van der Waals surface area contributed by atoms with Crippen LogP contribution in [-0.2, 0) is 11.2 Å². The molecule has 100 valence electrons. The molecular formula is C16H25NO. The van der Waals surface area contributed by atoms with Gasteiger partial charge in [-0.3, -0.25) is 4.79 Å². The number of nitrogens with one attached hydrogen (secondary N) is 1. The van der Waals surface area contributed by atoms with Crippen molar-refractivity contribution in [1.29, 1.82) is 0 Å². The summed E-state index contributed by atoms with van der Waals surface area (Å²) >= 11 is 0. The molecule has 2 heteroatoms. The molecule has 1 aromatic rings. The molecule has 0 fully saturated rings. The van der Waals surface area contributed by atoms with Gasteiger partial charge in [0, 0.05) is 12.0 Å². The van der Waals surface area contributed by atoms with Crippen LogP contribution in [0.3, 0.4) is 0 Å². The smallest absolute Gasteiger partial charge is 0.225 e. The molecule has 2 nitrogen and oxygen atoms in total. The van der Waals surface area contributed by atoms with Crippen LogP contribution >= 0.6 is 0 Å². The van der Waals surface area contributed by atoms with Crippen LogP contribution in [0.25, 0.3) is 0 Å². The van der Waals surface area contributed by atoms with Crippen LogP contribution < -0.4 is 5.32 Å². The summed E-state index contributed by atoms with van der Waals surface area (Å²) in [6.07, 6.45) is 4.11. The van der Waals surface area contributed by atoms with Crippen LogP contribution in [-0.4, -0.2) is 12.5 Å². The Hall–Kier alpha value is -1.31. The summed E-state index contributed by atoms with van der Waals surface area (Å²) in [6.45, 7) is 6.93. The molecule has 0 aliphatic heterocycles. The zero-order chi connectivity index (χ0) is 13.4. The van der Waals surface area contributed by atoms with Gasteiger partial charge in [-0.25, -0.2) is 0 Å². The van der Waals surface area contributed by atoms with Gasteiger partial charge in [0.2, 0.25) is 5.91 Å². The Balaban J connectivity index is 2.32. The number of unbranched alkanes of at least 4 members (excludes halogenated alkanes) is 1. The molecule has 0 saturated carbocycles. The van der Waals surface area contributed by atoms with Crippen molar-refractivity contribution in [2.45, 2.75) is 46.5 Å². The second kappa shape index (κ2) is 7.20. The molecule has 18 heavy (non-hydrogen) atoms.